The maximum absolute atomic E-state index is 6.18. The summed E-state index contributed by atoms with van der Waals surface area (Å²) in [6.45, 7) is 3.41. The lowest BCUT2D eigenvalue weighted by atomic mass is 10.1. The van der Waals surface area contributed by atoms with E-state index in [1.54, 1.807) is 0 Å². The van der Waals surface area contributed by atoms with Crippen LogP contribution in [0.1, 0.15) is 12.5 Å². The van der Waals surface area contributed by atoms with Crippen LogP contribution in [0.4, 0.5) is 5.82 Å². The molecular weight excluding hydrogens is 338 g/mol. The van der Waals surface area contributed by atoms with Gasteiger partial charge >= 0.3 is 0 Å². The van der Waals surface area contributed by atoms with Gasteiger partial charge in [0, 0.05) is 24.1 Å². The molecule has 27 heavy (non-hydrogen) atoms. The summed E-state index contributed by atoms with van der Waals surface area (Å²) < 4.78 is 12.3. The number of furan rings is 1. The topological polar surface area (TPSA) is 60.2 Å². The fraction of sp³-hybridized carbons (Fsp3) is 0.182. The zero-order valence-electron chi connectivity index (χ0n) is 15.0. The Morgan fingerprint density at radius 3 is 2.67 bits per heavy atom. The van der Waals surface area contributed by atoms with E-state index in [2.05, 4.69) is 12.2 Å². The van der Waals surface area contributed by atoms with E-state index in [-0.39, 0.29) is 0 Å². The standard InChI is InChI=1S/C22H19N3O2/c1-2-23-22-16-12-13-26-19-15-10-6-7-11-17(15)27-20(19)18(16)24-21(25-22)14-8-4-3-5-9-14/h3-11H,2,12-13H2,1H3,(H,23,24,25). The van der Waals surface area contributed by atoms with Crippen LogP contribution in [0.3, 0.4) is 0 Å². The minimum atomic E-state index is 0.565. The van der Waals surface area contributed by atoms with Crippen molar-refractivity contribution in [2.45, 2.75) is 13.3 Å². The fourth-order valence-corrected chi connectivity index (χ4v) is 3.51. The minimum absolute atomic E-state index is 0.565. The van der Waals surface area contributed by atoms with E-state index in [1.165, 1.54) is 0 Å². The molecule has 4 aromatic rings. The summed E-state index contributed by atoms with van der Waals surface area (Å²) in [5.74, 6) is 2.98. The number of para-hydroxylation sites is 1. The lowest BCUT2D eigenvalue weighted by Crippen LogP contribution is -2.09. The van der Waals surface area contributed by atoms with Crippen molar-refractivity contribution in [2.24, 2.45) is 0 Å². The second kappa shape index (κ2) is 6.43. The highest BCUT2D eigenvalue weighted by atomic mass is 16.5. The summed E-state index contributed by atoms with van der Waals surface area (Å²) in [6.07, 6.45) is 0.727. The van der Waals surface area contributed by atoms with Crippen LogP contribution in [0, 0.1) is 0 Å². The summed E-state index contributed by atoms with van der Waals surface area (Å²) in [4.78, 5) is 9.69. The first-order valence-corrected chi connectivity index (χ1v) is 9.20. The Bertz CT molecular complexity index is 1120. The van der Waals surface area contributed by atoms with Gasteiger partial charge in [0.25, 0.3) is 0 Å². The molecule has 1 N–H and O–H groups in total. The van der Waals surface area contributed by atoms with Crippen molar-refractivity contribution in [1.29, 1.82) is 0 Å². The van der Waals surface area contributed by atoms with Crippen molar-refractivity contribution < 1.29 is 9.15 Å². The molecule has 5 heteroatoms. The van der Waals surface area contributed by atoms with E-state index in [9.17, 15) is 0 Å². The van der Waals surface area contributed by atoms with Gasteiger partial charge < -0.3 is 14.5 Å². The van der Waals surface area contributed by atoms with Gasteiger partial charge in [-0.3, -0.25) is 0 Å². The van der Waals surface area contributed by atoms with Gasteiger partial charge in [-0.25, -0.2) is 9.97 Å². The monoisotopic (exact) mass is 357 g/mol. The molecule has 134 valence electrons. The molecule has 0 atom stereocenters. The van der Waals surface area contributed by atoms with Gasteiger partial charge in [0.1, 0.15) is 17.1 Å². The molecule has 0 spiro atoms. The second-order valence-electron chi connectivity index (χ2n) is 6.47. The Labute approximate surface area is 157 Å². The van der Waals surface area contributed by atoms with Gasteiger partial charge in [-0.2, -0.15) is 0 Å². The Balaban J connectivity index is 1.79. The Kier molecular flexibility index (Phi) is 3.78. The van der Waals surface area contributed by atoms with Crippen LogP contribution in [0.5, 0.6) is 5.75 Å². The molecule has 1 aliphatic rings. The Morgan fingerprint density at radius 2 is 1.81 bits per heavy atom. The van der Waals surface area contributed by atoms with Crippen molar-refractivity contribution in [2.75, 3.05) is 18.5 Å². The number of benzene rings is 2. The van der Waals surface area contributed by atoms with Crippen LogP contribution in [0.2, 0.25) is 0 Å². The summed E-state index contributed by atoms with van der Waals surface area (Å²) >= 11 is 0. The van der Waals surface area contributed by atoms with Gasteiger partial charge in [0.05, 0.1) is 12.0 Å². The number of hydrogen-bond acceptors (Lipinski definition) is 5. The zero-order chi connectivity index (χ0) is 18.2. The highest BCUT2D eigenvalue weighted by Gasteiger charge is 2.27. The van der Waals surface area contributed by atoms with Crippen molar-refractivity contribution in [1.82, 2.24) is 9.97 Å². The lowest BCUT2D eigenvalue weighted by molar-refractivity contribution is 0.327. The number of rotatable bonds is 3. The molecule has 0 saturated carbocycles. The third kappa shape index (κ3) is 2.63. The quantitative estimate of drug-likeness (QED) is 0.564. The average Bonchev–Trinajstić information content (AvgIpc) is 2.98. The molecule has 2 aromatic heterocycles. The molecule has 1 aliphatic heterocycles. The number of ether oxygens (including phenoxy) is 1. The third-order valence-electron chi connectivity index (χ3n) is 4.75. The van der Waals surface area contributed by atoms with Crippen LogP contribution in [0.25, 0.3) is 33.8 Å². The highest BCUT2D eigenvalue weighted by Crippen LogP contribution is 2.43. The summed E-state index contributed by atoms with van der Waals surface area (Å²) in [5, 5.41) is 4.37. The van der Waals surface area contributed by atoms with Gasteiger partial charge in [-0.1, -0.05) is 42.5 Å². The highest BCUT2D eigenvalue weighted by molar-refractivity contribution is 5.92. The predicted molar refractivity (Wildman–Crippen MR) is 106 cm³/mol. The molecule has 0 bridgehead atoms. The second-order valence-corrected chi connectivity index (χ2v) is 6.47. The van der Waals surface area contributed by atoms with Crippen LogP contribution < -0.4 is 10.1 Å². The van der Waals surface area contributed by atoms with Crippen molar-refractivity contribution in [3.63, 3.8) is 0 Å². The first-order valence-electron chi connectivity index (χ1n) is 9.20. The van der Waals surface area contributed by atoms with E-state index < -0.39 is 0 Å². The van der Waals surface area contributed by atoms with Crippen LogP contribution >= 0.6 is 0 Å². The van der Waals surface area contributed by atoms with E-state index in [0.29, 0.717) is 18.2 Å². The first kappa shape index (κ1) is 15.9. The van der Waals surface area contributed by atoms with E-state index in [1.807, 2.05) is 54.6 Å². The molecule has 0 fully saturated rings. The van der Waals surface area contributed by atoms with Crippen molar-refractivity contribution >= 4 is 16.8 Å². The lowest BCUT2D eigenvalue weighted by Gasteiger charge is -2.13. The van der Waals surface area contributed by atoms with Gasteiger partial charge in [0.15, 0.2) is 17.3 Å². The maximum Gasteiger partial charge on any atom is 0.196 e. The molecule has 0 radical (unpaired) electrons. The van der Waals surface area contributed by atoms with Crippen molar-refractivity contribution in [3.8, 4) is 28.6 Å². The minimum Gasteiger partial charge on any atom is -0.488 e. The van der Waals surface area contributed by atoms with E-state index in [0.717, 1.165) is 52.3 Å². The largest absolute Gasteiger partial charge is 0.488 e. The maximum atomic E-state index is 6.18. The number of aromatic nitrogens is 2. The Hall–Kier alpha value is -3.34. The molecule has 0 unspecified atom stereocenters. The van der Waals surface area contributed by atoms with Crippen molar-refractivity contribution in [3.05, 3.63) is 60.2 Å². The van der Waals surface area contributed by atoms with Gasteiger partial charge in [-0.15, -0.1) is 0 Å². The molecule has 5 nitrogen and oxygen atoms in total. The van der Waals surface area contributed by atoms with Crippen LogP contribution in [0.15, 0.2) is 59.0 Å². The number of fused-ring (bicyclic) bond motifs is 5. The summed E-state index contributed by atoms with van der Waals surface area (Å²) in [6, 6.07) is 17.9. The molecule has 3 heterocycles. The smallest absolute Gasteiger partial charge is 0.196 e. The Morgan fingerprint density at radius 1 is 1.00 bits per heavy atom. The number of nitrogens with zero attached hydrogens (tertiary/aromatic N) is 2. The molecule has 5 rings (SSSR count). The van der Waals surface area contributed by atoms with Gasteiger partial charge in [-0.05, 0) is 19.1 Å². The average molecular weight is 357 g/mol. The molecule has 0 amide bonds. The summed E-state index contributed by atoms with van der Waals surface area (Å²) in [5.41, 5.74) is 3.63. The zero-order valence-corrected chi connectivity index (χ0v) is 15.0. The predicted octanol–water partition coefficient (Wildman–Crippen LogP) is 4.92. The molecule has 0 saturated heterocycles. The van der Waals surface area contributed by atoms with E-state index >= 15 is 0 Å². The van der Waals surface area contributed by atoms with Crippen LogP contribution in [-0.4, -0.2) is 23.1 Å². The fourth-order valence-electron chi connectivity index (χ4n) is 3.51. The van der Waals surface area contributed by atoms with Gasteiger partial charge in [0.2, 0.25) is 0 Å². The molecular formula is C22H19N3O2. The number of hydrogen-bond donors (Lipinski definition) is 1. The molecule has 0 aliphatic carbocycles. The third-order valence-corrected chi connectivity index (χ3v) is 4.75. The van der Waals surface area contributed by atoms with E-state index in [4.69, 9.17) is 19.1 Å². The normalized spacial score (nSPS) is 12.8. The number of nitrogens with one attached hydrogen (secondary N) is 1. The summed E-state index contributed by atoms with van der Waals surface area (Å²) in [7, 11) is 0. The SMILES string of the molecule is CCNc1nc(-c2ccccc2)nc2c1CCOc1c-2oc2ccccc12. The molecule has 2 aromatic carbocycles. The number of anilines is 1. The van der Waals surface area contributed by atoms with Crippen LogP contribution in [-0.2, 0) is 6.42 Å². The first-order chi connectivity index (χ1) is 13.3.